The molecule has 8 nitrogen and oxygen atoms in total. The van der Waals surface area contributed by atoms with E-state index in [2.05, 4.69) is 15.3 Å². The normalized spacial score (nSPS) is 12.0. The van der Waals surface area contributed by atoms with Crippen molar-refractivity contribution < 1.29 is 19.1 Å². The van der Waals surface area contributed by atoms with Crippen molar-refractivity contribution in [2.24, 2.45) is 0 Å². The van der Waals surface area contributed by atoms with Gasteiger partial charge in [0.05, 0.1) is 11.9 Å². The summed E-state index contributed by atoms with van der Waals surface area (Å²) in [5.74, 6) is -1.15. The number of nitrogens with one attached hydrogen (secondary N) is 2. The molecule has 0 radical (unpaired) electrons. The van der Waals surface area contributed by atoms with Gasteiger partial charge in [0.15, 0.2) is 0 Å². The number of rotatable bonds is 7. The zero-order chi connectivity index (χ0) is 19.4. The van der Waals surface area contributed by atoms with Crippen molar-refractivity contribution >= 4 is 23.0 Å². The van der Waals surface area contributed by atoms with E-state index in [1.54, 1.807) is 6.92 Å². The third-order valence-corrected chi connectivity index (χ3v) is 4.26. The lowest BCUT2D eigenvalue weighted by Crippen LogP contribution is -2.37. The number of benzene rings is 1. The molecule has 0 saturated carbocycles. The van der Waals surface area contributed by atoms with Gasteiger partial charge in [-0.1, -0.05) is 30.3 Å². The summed E-state index contributed by atoms with van der Waals surface area (Å²) in [6.45, 7) is 1.58. The van der Waals surface area contributed by atoms with Gasteiger partial charge in [0, 0.05) is 12.5 Å². The average Bonchev–Trinajstić information content (AvgIpc) is 2.98. The molecule has 1 unspecified atom stereocenters. The first kappa shape index (κ1) is 18.4. The second-order valence-electron chi connectivity index (χ2n) is 6.24. The lowest BCUT2D eigenvalue weighted by atomic mass is 10.0. The lowest BCUT2D eigenvalue weighted by molar-refractivity contribution is -0.137. The van der Waals surface area contributed by atoms with E-state index in [0.29, 0.717) is 6.42 Å². The molecule has 2 aromatic heterocycles. The predicted octanol–water partition coefficient (Wildman–Crippen LogP) is 2.03. The summed E-state index contributed by atoms with van der Waals surface area (Å²) < 4.78 is 5.41. The van der Waals surface area contributed by atoms with E-state index in [1.165, 1.54) is 6.33 Å². The number of carbonyl (C=O) groups is 2. The van der Waals surface area contributed by atoms with Crippen LogP contribution < -0.4 is 10.9 Å². The average molecular weight is 369 g/mol. The van der Waals surface area contributed by atoms with Crippen LogP contribution in [0.4, 0.5) is 0 Å². The second-order valence-corrected chi connectivity index (χ2v) is 6.24. The molecule has 2 heterocycles. The monoisotopic (exact) mass is 369 g/mol. The molecule has 0 aliphatic carbocycles. The topological polar surface area (TPSA) is 125 Å². The Bertz CT molecular complexity index is 1020. The fourth-order valence-electron chi connectivity index (χ4n) is 3.01. The zero-order valence-electron chi connectivity index (χ0n) is 14.7. The number of H-pyrrole nitrogens is 1. The number of furan rings is 1. The Morgan fingerprint density at radius 3 is 2.74 bits per heavy atom. The van der Waals surface area contributed by atoms with Gasteiger partial charge in [-0.2, -0.15) is 0 Å². The summed E-state index contributed by atoms with van der Waals surface area (Å²) in [5.41, 5.74) is 0.716. The molecule has 0 aliphatic heterocycles. The molecular weight excluding hydrogens is 350 g/mol. The fraction of sp³-hybridized carbons (Fsp3) is 0.263. The van der Waals surface area contributed by atoms with Crippen LogP contribution >= 0.6 is 0 Å². The Labute approximate surface area is 154 Å². The number of carboxylic acids is 1. The number of aryl methyl sites for hydroxylation is 1. The van der Waals surface area contributed by atoms with E-state index >= 15 is 0 Å². The maximum Gasteiger partial charge on any atom is 0.303 e. The molecule has 3 N–H and O–H groups in total. The smallest absolute Gasteiger partial charge is 0.303 e. The minimum atomic E-state index is -0.937. The number of aromatic amines is 1. The predicted molar refractivity (Wildman–Crippen MR) is 97.6 cm³/mol. The summed E-state index contributed by atoms with van der Waals surface area (Å²) in [4.78, 5) is 42.3. The molecule has 1 amide bonds. The van der Waals surface area contributed by atoms with Crippen LogP contribution in [0.3, 0.4) is 0 Å². The Kier molecular flexibility index (Phi) is 5.35. The van der Waals surface area contributed by atoms with Gasteiger partial charge in [-0.3, -0.25) is 14.4 Å². The molecule has 1 atom stereocenters. The number of fused-ring (bicyclic) bond motifs is 1. The lowest BCUT2D eigenvalue weighted by Gasteiger charge is -2.18. The molecule has 0 aliphatic rings. The standard InChI is InChI=1S/C19H19N3O5/c1-11-15(16-17(25)20-10-21-19(16)27-11)18(26)22-13(7-8-14(23)24)9-12-5-3-2-4-6-12/h2-6,10,13H,7-9H2,1H3,(H,22,26)(H,23,24)(H,20,21,25). The third-order valence-electron chi connectivity index (χ3n) is 4.26. The summed E-state index contributed by atoms with van der Waals surface area (Å²) in [6, 6.07) is 9.06. The van der Waals surface area contributed by atoms with Gasteiger partial charge < -0.3 is 19.8 Å². The number of amides is 1. The minimum absolute atomic E-state index is 0.0783. The summed E-state index contributed by atoms with van der Waals surface area (Å²) in [5, 5.41) is 11.9. The quantitative estimate of drug-likeness (QED) is 0.585. The minimum Gasteiger partial charge on any atom is -0.481 e. The van der Waals surface area contributed by atoms with Crippen LogP contribution in [0.25, 0.3) is 11.1 Å². The van der Waals surface area contributed by atoms with Crippen LogP contribution in [-0.4, -0.2) is 33.0 Å². The molecule has 0 bridgehead atoms. The Morgan fingerprint density at radius 1 is 1.30 bits per heavy atom. The van der Waals surface area contributed by atoms with Crippen LogP contribution in [0.2, 0.25) is 0 Å². The molecule has 8 heteroatoms. The maximum atomic E-state index is 12.8. The Morgan fingerprint density at radius 2 is 2.04 bits per heavy atom. The van der Waals surface area contributed by atoms with E-state index in [0.717, 1.165) is 5.56 Å². The molecular formula is C19H19N3O5. The number of aliphatic carboxylic acids is 1. The van der Waals surface area contributed by atoms with Crippen LogP contribution in [-0.2, 0) is 11.2 Å². The number of nitrogens with zero attached hydrogens (tertiary/aromatic N) is 1. The molecule has 0 saturated heterocycles. The van der Waals surface area contributed by atoms with Crippen molar-refractivity contribution in [3.05, 3.63) is 63.9 Å². The highest BCUT2D eigenvalue weighted by Crippen LogP contribution is 2.21. The van der Waals surface area contributed by atoms with Gasteiger partial charge >= 0.3 is 5.97 Å². The number of carbonyl (C=O) groups excluding carboxylic acids is 1. The second kappa shape index (κ2) is 7.86. The highest BCUT2D eigenvalue weighted by atomic mass is 16.4. The molecule has 27 heavy (non-hydrogen) atoms. The zero-order valence-corrected chi connectivity index (χ0v) is 14.7. The van der Waals surface area contributed by atoms with Gasteiger partial charge in [0.1, 0.15) is 11.1 Å². The molecule has 0 spiro atoms. The van der Waals surface area contributed by atoms with Crippen molar-refractivity contribution in [2.75, 3.05) is 0 Å². The van der Waals surface area contributed by atoms with E-state index in [-0.39, 0.29) is 35.3 Å². The van der Waals surface area contributed by atoms with Gasteiger partial charge in [0.2, 0.25) is 5.71 Å². The number of carboxylic acid groups (broad SMARTS) is 1. The van der Waals surface area contributed by atoms with Crippen molar-refractivity contribution in [3.63, 3.8) is 0 Å². The summed E-state index contributed by atoms with van der Waals surface area (Å²) in [7, 11) is 0. The van der Waals surface area contributed by atoms with Crippen LogP contribution in [0.1, 0.15) is 34.5 Å². The molecule has 1 aromatic carbocycles. The Hall–Kier alpha value is -3.42. The van der Waals surface area contributed by atoms with E-state index in [9.17, 15) is 14.4 Å². The van der Waals surface area contributed by atoms with Gasteiger partial charge in [-0.05, 0) is 25.3 Å². The number of hydrogen-bond donors (Lipinski definition) is 3. The highest BCUT2D eigenvalue weighted by Gasteiger charge is 2.24. The number of hydrogen-bond acceptors (Lipinski definition) is 5. The molecule has 3 rings (SSSR count). The first-order chi connectivity index (χ1) is 13.0. The van der Waals surface area contributed by atoms with Gasteiger partial charge in [-0.15, -0.1) is 0 Å². The number of aromatic nitrogens is 2. The van der Waals surface area contributed by atoms with E-state index in [4.69, 9.17) is 9.52 Å². The first-order valence-electron chi connectivity index (χ1n) is 8.49. The molecule has 140 valence electrons. The van der Waals surface area contributed by atoms with Gasteiger partial charge in [0.25, 0.3) is 11.5 Å². The third kappa shape index (κ3) is 4.22. The highest BCUT2D eigenvalue weighted by molar-refractivity contribution is 6.06. The molecule has 0 fully saturated rings. The van der Waals surface area contributed by atoms with Crippen molar-refractivity contribution in [3.8, 4) is 0 Å². The van der Waals surface area contributed by atoms with Crippen molar-refractivity contribution in [2.45, 2.75) is 32.2 Å². The fourth-order valence-corrected chi connectivity index (χ4v) is 3.01. The first-order valence-corrected chi connectivity index (χ1v) is 8.49. The molecule has 3 aromatic rings. The van der Waals surface area contributed by atoms with Crippen molar-refractivity contribution in [1.29, 1.82) is 0 Å². The largest absolute Gasteiger partial charge is 0.481 e. The van der Waals surface area contributed by atoms with Gasteiger partial charge in [-0.25, -0.2) is 4.98 Å². The SMILES string of the molecule is Cc1oc2nc[nH]c(=O)c2c1C(=O)NC(CCC(=O)O)Cc1ccccc1. The van der Waals surface area contributed by atoms with Crippen molar-refractivity contribution in [1.82, 2.24) is 15.3 Å². The van der Waals surface area contributed by atoms with E-state index < -0.39 is 23.5 Å². The van der Waals surface area contributed by atoms with Crippen LogP contribution in [0.5, 0.6) is 0 Å². The van der Waals surface area contributed by atoms with E-state index in [1.807, 2.05) is 30.3 Å². The summed E-state index contributed by atoms with van der Waals surface area (Å²) in [6.07, 6.45) is 1.87. The maximum absolute atomic E-state index is 12.8. The van der Waals surface area contributed by atoms with Crippen LogP contribution in [0, 0.1) is 6.92 Å². The Balaban J connectivity index is 1.87. The van der Waals surface area contributed by atoms with Crippen LogP contribution in [0.15, 0.2) is 45.9 Å². The summed E-state index contributed by atoms with van der Waals surface area (Å²) >= 11 is 0.